The molecule has 0 bridgehead atoms. The topological polar surface area (TPSA) is 85.9 Å². The Kier molecular flexibility index (Phi) is 7.65. The summed E-state index contributed by atoms with van der Waals surface area (Å²) >= 11 is 0. The Bertz CT molecular complexity index is 851. The van der Waals surface area contributed by atoms with E-state index in [1.165, 1.54) is 0 Å². The molecule has 1 saturated heterocycles. The van der Waals surface area contributed by atoms with Gasteiger partial charge in [-0.25, -0.2) is 4.79 Å². The minimum absolute atomic E-state index is 0.288. The number of amides is 2. The van der Waals surface area contributed by atoms with Crippen LogP contribution >= 0.6 is 0 Å². The average molecular weight is 427 g/mol. The number of hydrogen-bond acceptors (Lipinski definition) is 5. The molecule has 0 aliphatic carbocycles. The number of alkyl carbamates (subject to hydrolysis) is 1. The second-order valence-corrected chi connectivity index (χ2v) is 8.47. The molecule has 2 amide bonds. The van der Waals surface area contributed by atoms with Gasteiger partial charge in [-0.2, -0.15) is 0 Å². The highest BCUT2D eigenvalue weighted by molar-refractivity contribution is 5.87. The predicted octanol–water partition coefficient (Wildman–Crippen LogP) is 3.18. The summed E-state index contributed by atoms with van der Waals surface area (Å²) in [6.45, 7) is 6.24. The van der Waals surface area contributed by atoms with Crippen molar-refractivity contribution in [3.05, 3.63) is 71.8 Å². The Morgan fingerprint density at radius 2 is 1.52 bits per heavy atom. The highest BCUT2D eigenvalue weighted by atomic mass is 16.6. The zero-order valence-electron chi connectivity index (χ0n) is 18.2. The fourth-order valence-electron chi connectivity index (χ4n) is 3.27. The Morgan fingerprint density at radius 3 is 2.06 bits per heavy atom. The van der Waals surface area contributed by atoms with Crippen molar-refractivity contribution in [3.63, 3.8) is 0 Å². The molecular weight excluding hydrogens is 396 g/mol. The van der Waals surface area contributed by atoms with Crippen molar-refractivity contribution >= 4 is 12.0 Å². The van der Waals surface area contributed by atoms with Gasteiger partial charge in [0, 0.05) is 6.54 Å². The highest BCUT2D eigenvalue weighted by Gasteiger charge is 2.42. The summed E-state index contributed by atoms with van der Waals surface area (Å²) in [7, 11) is 0. The summed E-state index contributed by atoms with van der Waals surface area (Å²) in [5.41, 5.74) is 1.29. The standard InChI is InChI=1S/C24H30N2O5/c1-24(2,3)31-23(28)26-20-21(30-16-18-12-8-5-9-13-18)19(14-25-22(20)27)29-15-17-10-6-4-7-11-17/h4-13,19-21H,14-16H2,1-3H3,(H,25,27)(H,26,28)/t19-,20-,21+/m1/s1. The van der Waals surface area contributed by atoms with Crippen LogP contribution < -0.4 is 10.6 Å². The van der Waals surface area contributed by atoms with Crippen LogP contribution in [0.2, 0.25) is 0 Å². The molecule has 0 aromatic heterocycles. The number of nitrogens with one attached hydrogen (secondary N) is 2. The van der Waals surface area contributed by atoms with Crippen molar-refractivity contribution in [2.24, 2.45) is 0 Å². The summed E-state index contributed by atoms with van der Waals surface area (Å²) < 4.78 is 17.6. The second-order valence-electron chi connectivity index (χ2n) is 8.47. The molecule has 1 fully saturated rings. The molecule has 7 nitrogen and oxygen atoms in total. The van der Waals surface area contributed by atoms with Gasteiger partial charge in [-0.15, -0.1) is 0 Å². The molecular formula is C24H30N2O5. The smallest absolute Gasteiger partial charge is 0.408 e. The number of carbonyl (C=O) groups is 2. The van der Waals surface area contributed by atoms with E-state index in [-0.39, 0.29) is 19.1 Å². The minimum Gasteiger partial charge on any atom is -0.444 e. The van der Waals surface area contributed by atoms with E-state index >= 15 is 0 Å². The lowest BCUT2D eigenvalue weighted by atomic mass is 9.99. The van der Waals surface area contributed by atoms with Gasteiger partial charge >= 0.3 is 6.09 Å². The van der Waals surface area contributed by atoms with E-state index in [2.05, 4.69) is 10.6 Å². The fraction of sp³-hybridized carbons (Fsp3) is 0.417. The van der Waals surface area contributed by atoms with Crippen molar-refractivity contribution < 1.29 is 23.8 Å². The SMILES string of the molecule is CC(C)(C)OC(=O)N[C@H]1C(=O)NC[C@@H](OCc2ccccc2)[C@@H]1OCc1ccccc1. The van der Waals surface area contributed by atoms with Crippen molar-refractivity contribution in [1.82, 2.24) is 10.6 Å². The van der Waals surface area contributed by atoms with E-state index in [1.54, 1.807) is 20.8 Å². The van der Waals surface area contributed by atoms with E-state index in [0.717, 1.165) is 11.1 Å². The van der Waals surface area contributed by atoms with Crippen LogP contribution in [0.5, 0.6) is 0 Å². The Hall–Kier alpha value is -2.90. The number of carbonyl (C=O) groups excluding carboxylic acids is 2. The molecule has 0 radical (unpaired) electrons. The molecule has 7 heteroatoms. The summed E-state index contributed by atoms with van der Waals surface area (Å²) in [4.78, 5) is 25.0. The van der Waals surface area contributed by atoms with Gasteiger partial charge in [-0.05, 0) is 31.9 Å². The lowest BCUT2D eigenvalue weighted by Crippen LogP contribution is -2.65. The third-order valence-corrected chi connectivity index (χ3v) is 4.72. The maximum Gasteiger partial charge on any atom is 0.408 e. The first-order valence-electron chi connectivity index (χ1n) is 10.4. The van der Waals surface area contributed by atoms with Gasteiger partial charge in [-0.1, -0.05) is 60.7 Å². The summed E-state index contributed by atoms with van der Waals surface area (Å²) in [6, 6.07) is 18.5. The molecule has 3 atom stereocenters. The van der Waals surface area contributed by atoms with Crippen LogP contribution in [0.1, 0.15) is 31.9 Å². The van der Waals surface area contributed by atoms with Gasteiger partial charge in [0.05, 0.1) is 13.2 Å². The number of rotatable bonds is 7. The molecule has 2 N–H and O–H groups in total. The molecule has 166 valence electrons. The molecule has 1 aliphatic rings. The molecule has 1 aliphatic heterocycles. The van der Waals surface area contributed by atoms with E-state index in [0.29, 0.717) is 6.61 Å². The van der Waals surface area contributed by atoms with Crippen LogP contribution in [-0.2, 0) is 32.2 Å². The zero-order chi connectivity index (χ0) is 22.3. The van der Waals surface area contributed by atoms with Gasteiger partial charge in [0.1, 0.15) is 23.9 Å². The van der Waals surface area contributed by atoms with E-state index < -0.39 is 29.9 Å². The number of hydrogen-bond donors (Lipinski definition) is 2. The van der Waals surface area contributed by atoms with Gasteiger partial charge in [0.15, 0.2) is 0 Å². The van der Waals surface area contributed by atoms with Crippen LogP contribution in [0.4, 0.5) is 4.79 Å². The largest absolute Gasteiger partial charge is 0.444 e. The lowest BCUT2D eigenvalue weighted by molar-refractivity contribution is -0.147. The maximum atomic E-state index is 12.6. The number of benzene rings is 2. The average Bonchev–Trinajstić information content (AvgIpc) is 2.73. The summed E-state index contributed by atoms with van der Waals surface area (Å²) in [5, 5.41) is 5.46. The minimum atomic E-state index is -0.937. The Labute approximate surface area is 183 Å². The van der Waals surface area contributed by atoms with Gasteiger partial charge in [0.2, 0.25) is 5.91 Å². The quantitative estimate of drug-likeness (QED) is 0.710. The lowest BCUT2D eigenvalue weighted by Gasteiger charge is -2.37. The second kappa shape index (κ2) is 10.4. The van der Waals surface area contributed by atoms with Gasteiger partial charge < -0.3 is 24.8 Å². The van der Waals surface area contributed by atoms with Crippen LogP contribution in [-0.4, -0.2) is 42.4 Å². The molecule has 31 heavy (non-hydrogen) atoms. The van der Waals surface area contributed by atoms with Gasteiger partial charge in [-0.3, -0.25) is 4.79 Å². The van der Waals surface area contributed by atoms with Crippen molar-refractivity contribution in [1.29, 1.82) is 0 Å². The normalized spacial score (nSPS) is 21.3. The third kappa shape index (κ3) is 7.08. The van der Waals surface area contributed by atoms with E-state index in [9.17, 15) is 9.59 Å². The summed E-state index contributed by atoms with van der Waals surface area (Å²) in [6.07, 6.45) is -1.79. The first-order chi connectivity index (χ1) is 14.8. The maximum absolute atomic E-state index is 12.6. The van der Waals surface area contributed by atoms with Crippen LogP contribution in [0.25, 0.3) is 0 Å². The van der Waals surface area contributed by atoms with Crippen molar-refractivity contribution in [2.75, 3.05) is 6.54 Å². The number of piperidine rings is 1. The molecule has 0 unspecified atom stereocenters. The van der Waals surface area contributed by atoms with E-state index in [4.69, 9.17) is 14.2 Å². The Morgan fingerprint density at radius 1 is 0.968 bits per heavy atom. The van der Waals surface area contributed by atoms with Gasteiger partial charge in [0.25, 0.3) is 0 Å². The van der Waals surface area contributed by atoms with Crippen molar-refractivity contribution in [3.8, 4) is 0 Å². The molecule has 0 spiro atoms. The fourth-order valence-corrected chi connectivity index (χ4v) is 3.27. The van der Waals surface area contributed by atoms with Crippen LogP contribution in [0, 0.1) is 0 Å². The monoisotopic (exact) mass is 426 g/mol. The number of ether oxygens (including phenoxy) is 3. The molecule has 0 saturated carbocycles. The van der Waals surface area contributed by atoms with Crippen LogP contribution in [0.15, 0.2) is 60.7 Å². The van der Waals surface area contributed by atoms with Crippen LogP contribution in [0.3, 0.4) is 0 Å². The van der Waals surface area contributed by atoms with Crippen molar-refractivity contribution in [2.45, 2.75) is 57.8 Å². The molecule has 2 aromatic carbocycles. The Balaban J connectivity index is 1.73. The summed E-state index contributed by atoms with van der Waals surface area (Å²) in [5.74, 6) is -0.330. The molecule has 2 aromatic rings. The third-order valence-electron chi connectivity index (χ3n) is 4.72. The first-order valence-corrected chi connectivity index (χ1v) is 10.4. The molecule has 1 heterocycles. The highest BCUT2D eigenvalue weighted by Crippen LogP contribution is 2.19. The molecule has 3 rings (SSSR count). The van der Waals surface area contributed by atoms with E-state index in [1.807, 2.05) is 60.7 Å². The first kappa shape index (κ1) is 22.8. The zero-order valence-corrected chi connectivity index (χ0v) is 18.2. The predicted molar refractivity (Wildman–Crippen MR) is 116 cm³/mol.